The second kappa shape index (κ2) is 10.1. The first-order valence-corrected chi connectivity index (χ1v) is 10.3. The number of likely N-dealkylation sites (N-methyl/N-ethyl adjacent to an activating group) is 1. The molecule has 0 fully saturated rings. The Morgan fingerprint density at radius 3 is 2.48 bits per heavy atom. The number of imidazole rings is 1. The van der Waals surface area contributed by atoms with Gasteiger partial charge in [-0.1, -0.05) is 38.1 Å². The molecule has 1 aromatic heterocycles. The minimum atomic E-state index is -0.0754. The van der Waals surface area contributed by atoms with Crippen molar-refractivity contribution in [1.29, 1.82) is 0 Å². The third-order valence-corrected chi connectivity index (χ3v) is 5.04. The van der Waals surface area contributed by atoms with Crippen molar-refractivity contribution in [3.63, 3.8) is 0 Å². The average Bonchev–Trinajstić information content (AvgIpc) is 3.07. The van der Waals surface area contributed by atoms with Crippen LogP contribution in [0, 0.1) is 0 Å². The zero-order valence-corrected chi connectivity index (χ0v) is 17.5. The maximum Gasteiger partial charge on any atom is 0.231 e. The molecule has 0 atom stereocenters. The number of hydrogen-bond acceptors (Lipinski definition) is 4. The van der Waals surface area contributed by atoms with Crippen molar-refractivity contribution in [3.05, 3.63) is 54.1 Å². The summed E-state index contributed by atoms with van der Waals surface area (Å²) in [6.07, 6.45) is 0.297. The van der Waals surface area contributed by atoms with E-state index in [-0.39, 0.29) is 5.91 Å². The molecule has 0 aliphatic rings. The molecule has 0 aliphatic carbocycles. The minimum Gasteiger partial charge on any atom is -0.494 e. The van der Waals surface area contributed by atoms with E-state index in [0.717, 1.165) is 48.5 Å². The van der Waals surface area contributed by atoms with Crippen LogP contribution >= 0.6 is 0 Å². The SMILES string of the molecule is CCOc1ccc(CC(=O)Nc2nc3ccccc3n2CCN(CC)CC)cc1. The van der Waals surface area contributed by atoms with Gasteiger partial charge < -0.3 is 14.2 Å². The first-order chi connectivity index (χ1) is 14.1. The van der Waals surface area contributed by atoms with Gasteiger partial charge in [0, 0.05) is 13.1 Å². The molecule has 6 heteroatoms. The third-order valence-electron chi connectivity index (χ3n) is 5.04. The molecule has 0 aliphatic heterocycles. The van der Waals surface area contributed by atoms with Crippen LogP contribution < -0.4 is 10.1 Å². The number of carbonyl (C=O) groups excluding carboxylic acids is 1. The standard InChI is InChI=1S/C23H30N4O2/c1-4-26(5-2)15-16-27-21-10-8-7-9-20(21)24-23(27)25-22(28)17-18-11-13-19(14-12-18)29-6-3/h7-14H,4-6,15-17H2,1-3H3,(H,24,25,28). The van der Waals surface area contributed by atoms with Gasteiger partial charge in [0.15, 0.2) is 0 Å². The third kappa shape index (κ3) is 5.35. The summed E-state index contributed by atoms with van der Waals surface area (Å²) in [6.45, 7) is 10.6. The van der Waals surface area contributed by atoms with Crippen molar-refractivity contribution in [1.82, 2.24) is 14.5 Å². The van der Waals surface area contributed by atoms with E-state index >= 15 is 0 Å². The summed E-state index contributed by atoms with van der Waals surface area (Å²) >= 11 is 0. The van der Waals surface area contributed by atoms with Crippen LogP contribution in [-0.4, -0.2) is 46.6 Å². The molecule has 3 aromatic rings. The lowest BCUT2D eigenvalue weighted by Crippen LogP contribution is -2.28. The largest absolute Gasteiger partial charge is 0.494 e. The summed E-state index contributed by atoms with van der Waals surface area (Å²) in [5.41, 5.74) is 2.87. The van der Waals surface area contributed by atoms with Crippen molar-refractivity contribution in [2.45, 2.75) is 33.7 Å². The molecule has 3 rings (SSSR count). The molecule has 1 amide bonds. The fourth-order valence-electron chi connectivity index (χ4n) is 3.40. The summed E-state index contributed by atoms with van der Waals surface area (Å²) in [6, 6.07) is 15.6. The number of fused-ring (bicyclic) bond motifs is 1. The van der Waals surface area contributed by atoms with Crippen LogP contribution in [0.25, 0.3) is 11.0 Å². The van der Waals surface area contributed by atoms with E-state index in [9.17, 15) is 4.79 Å². The van der Waals surface area contributed by atoms with Crippen LogP contribution in [0.5, 0.6) is 5.75 Å². The number of amides is 1. The first kappa shape index (κ1) is 20.9. The zero-order chi connectivity index (χ0) is 20.6. The summed E-state index contributed by atoms with van der Waals surface area (Å²) in [5.74, 6) is 1.35. The van der Waals surface area contributed by atoms with Gasteiger partial charge in [0.05, 0.1) is 24.1 Å². The number of rotatable bonds is 10. The van der Waals surface area contributed by atoms with Crippen LogP contribution in [0.15, 0.2) is 48.5 Å². The van der Waals surface area contributed by atoms with E-state index in [1.165, 1.54) is 0 Å². The molecule has 29 heavy (non-hydrogen) atoms. The Hall–Kier alpha value is -2.86. The molecule has 6 nitrogen and oxygen atoms in total. The van der Waals surface area contributed by atoms with Crippen molar-refractivity contribution in [2.24, 2.45) is 0 Å². The minimum absolute atomic E-state index is 0.0754. The number of para-hydroxylation sites is 2. The Balaban J connectivity index is 1.74. The Morgan fingerprint density at radius 2 is 1.79 bits per heavy atom. The zero-order valence-electron chi connectivity index (χ0n) is 17.5. The van der Waals surface area contributed by atoms with E-state index in [1.807, 2.05) is 55.5 Å². The lowest BCUT2D eigenvalue weighted by Gasteiger charge is -2.19. The number of aromatic nitrogens is 2. The Morgan fingerprint density at radius 1 is 1.07 bits per heavy atom. The van der Waals surface area contributed by atoms with Gasteiger partial charge in [-0.25, -0.2) is 4.98 Å². The molecular weight excluding hydrogens is 364 g/mol. The van der Waals surface area contributed by atoms with Gasteiger partial charge in [0.25, 0.3) is 0 Å². The second-order valence-electron chi connectivity index (χ2n) is 6.90. The molecule has 0 spiro atoms. The maximum atomic E-state index is 12.7. The molecule has 0 saturated carbocycles. The van der Waals surface area contributed by atoms with Gasteiger partial charge in [-0.15, -0.1) is 0 Å². The Labute approximate surface area is 172 Å². The molecule has 1 N–H and O–H groups in total. The second-order valence-corrected chi connectivity index (χ2v) is 6.90. The van der Waals surface area contributed by atoms with Crippen molar-refractivity contribution < 1.29 is 9.53 Å². The molecule has 0 radical (unpaired) electrons. The normalized spacial score (nSPS) is 11.2. The molecule has 2 aromatic carbocycles. The van der Waals surface area contributed by atoms with Gasteiger partial charge in [-0.05, 0) is 49.8 Å². The number of ether oxygens (including phenoxy) is 1. The predicted molar refractivity (Wildman–Crippen MR) is 117 cm³/mol. The average molecular weight is 395 g/mol. The first-order valence-electron chi connectivity index (χ1n) is 10.3. The van der Waals surface area contributed by atoms with Gasteiger partial charge >= 0.3 is 0 Å². The Kier molecular flexibility index (Phi) is 7.25. The van der Waals surface area contributed by atoms with Crippen LogP contribution in [0.2, 0.25) is 0 Å². The number of carbonyl (C=O) groups is 1. The van der Waals surface area contributed by atoms with Gasteiger partial charge in [-0.2, -0.15) is 0 Å². The summed E-state index contributed by atoms with van der Waals surface area (Å²) in [5, 5.41) is 3.01. The monoisotopic (exact) mass is 394 g/mol. The predicted octanol–water partition coefficient (Wildman–Crippen LogP) is 3.96. The van der Waals surface area contributed by atoms with Crippen molar-refractivity contribution >= 4 is 22.9 Å². The van der Waals surface area contributed by atoms with Crippen LogP contribution in [0.4, 0.5) is 5.95 Å². The number of nitrogens with zero attached hydrogens (tertiary/aromatic N) is 3. The highest BCUT2D eigenvalue weighted by atomic mass is 16.5. The van der Waals surface area contributed by atoms with Gasteiger partial charge in [0.2, 0.25) is 11.9 Å². The number of benzene rings is 2. The summed E-state index contributed by atoms with van der Waals surface area (Å²) in [7, 11) is 0. The topological polar surface area (TPSA) is 59.4 Å². The van der Waals surface area contributed by atoms with E-state index in [2.05, 4.69) is 33.6 Å². The van der Waals surface area contributed by atoms with Gasteiger partial charge in [0.1, 0.15) is 5.75 Å². The molecular formula is C23H30N4O2. The number of anilines is 1. The van der Waals surface area contributed by atoms with Crippen molar-refractivity contribution in [2.75, 3.05) is 31.6 Å². The molecule has 0 bridgehead atoms. The smallest absolute Gasteiger partial charge is 0.231 e. The van der Waals surface area contributed by atoms with E-state index in [4.69, 9.17) is 4.74 Å². The van der Waals surface area contributed by atoms with Crippen LogP contribution in [-0.2, 0) is 17.8 Å². The molecule has 1 heterocycles. The highest BCUT2D eigenvalue weighted by molar-refractivity contribution is 5.92. The quantitative estimate of drug-likeness (QED) is 0.565. The number of nitrogens with one attached hydrogen (secondary N) is 1. The molecule has 0 unspecified atom stereocenters. The van der Waals surface area contributed by atoms with Crippen LogP contribution in [0.1, 0.15) is 26.3 Å². The highest BCUT2D eigenvalue weighted by Crippen LogP contribution is 2.20. The lowest BCUT2D eigenvalue weighted by atomic mass is 10.1. The van der Waals surface area contributed by atoms with E-state index < -0.39 is 0 Å². The summed E-state index contributed by atoms with van der Waals surface area (Å²) in [4.78, 5) is 19.7. The fraction of sp³-hybridized carbons (Fsp3) is 0.391. The lowest BCUT2D eigenvalue weighted by molar-refractivity contribution is -0.115. The molecule has 154 valence electrons. The van der Waals surface area contributed by atoms with Gasteiger partial charge in [-0.3, -0.25) is 10.1 Å². The van der Waals surface area contributed by atoms with Crippen molar-refractivity contribution in [3.8, 4) is 5.75 Å². The maximum absolute atomic E-state index is 12.7. The van der Waals surface area contributed by atoms with E-state index in [0.29, 0.717) is 19.0 Å². The van der Waals surface area contributed by atoms with Crippen LogP contribution in [0.3, 0.4) is 0 Å². The Bertz CT molecular complexity index is 930. The fourth-order valence-corrected chi connectivity index (χ4v) is 3.40. The summed E-state index contributed by atoms with van der Waals surface area (Å²) < 4.78 is 7.56. The number of hydrogen-bond donors (Lipinski definition) is 1. The van der Waals surface area contributed by atoms with E-state index in [1.54, 1.807) is 0 Å². The highest BCUT2D eigenvalue weighted by Gasteiger charge is 2.14. The molecule has 0 saturated heterocycles.